The van der Waals surface area contributed by atoms with E-state index in [2.05, 4.69) is 32.3 Å². The number of carbonyl (C=O) groups excluding carboxylic acids is 4. The normalized spacial score (nSPS) is 16.4. The number of urea groups is 2. The van der Waals surface area contributed by atoms with Gasteiger partial charge >= 0.3 is 12.1 Å². The van der Waals surface area contributed by atoms with E-state index in [-0.39, 0.29) is 6.79 Å². The van der Waals surface area contributed by atoms with Crippen molar-refractivity contribution in [2.75, 3.05) is 31.6 Å². The summed E-state index contributed by atoms with van der Waals surface area (Å²) in [5, 5.41) is 5.00. The van der Waals surface area contributed by atoms with Crippen molar-refractivity contribution >= 4 is 35.3 Å². The van der Waals surface area contributed by atoms with Gasteiger partial charge in [0.1, 0.15) is 18.3 Å². The highest BCUT2D eigenvalue weighted by Crippen LogP contribution is 2.16. The van der Waals surface area contributed by atoms with Crippen molar-refractivity contribution in [2.45, 2.75) is 12.2 Å². The molecule has 1 aliphatic rings. The molecular formula is C21H24N6O8. The van der Waals surface area contributed by atoms with Gasteiger partial charge in [-0.15, -0.1) is 0 Å². The van der Waals surface area contributed by atoms with Gasteiger partial charge in [0.25, 0.3) is 11.8 Å². The maximum Gasteiger partial charge on any atom is 0.337 e. The third-order valence-electron chi connectivity index (χ3n) is 4.58. The van der Waals surface area contributed by atoms with Gasteiger partial charge in [0, 0.05) is 11.4 Å². The molecule has 2 aromatic rings. The van der Waals surface area contributed by atoms with E-state index in [0.717, 1.165) is 0 Å². The number of hydrazine groups is 2. The minimum absolute atomic E-state index is 0.341. The Hall–Kier alpha value is -4.56. The molecule has 1 heterocycles. The van der Waals surface area contributed by atoms with Gasteiger partial charge in [0.05, 0.1) is 14.2 Å². The molecule has 0 saturated carbocycles. The molecule has 0 aromatic heterocycles. The van der Waals surface area contributed by atoms with Gasteiger partial charge < -0.3 is 29.6 Å². The summed E-state index contributed by atoms with van der Waals surface area (Å²) >= 11 is 0. The molecule has 2 aromatic carbocycles. The molecule has 0 spiro atoms. The number of ether oxygens (including phenoxy) is 4. The number of benzene rings is 2. The molecule has 1 aliphatic heterocycles. The second kappa shape index (κ2) is 12.1. The third-order valence-corrected chi connectivity index (χ3v) is 4.58. The lowest BCUT2D eigenvalue weighted by Gasteiger charge is -2.17. The fraction of sp³-hybridized carbons (Fsp3) is 0.238. The Balaban J connectivity index is 1.42. The van der Waals surface area contributed by atoms with Crippen LogP contribution in [0, 0.1) is 0 Å². The molecule has 186 valence electrons. The van der Waals surface area contributed by atoms with E-state index in [4.69, 9.17) is 18.9 Å². The van der Waals surface area contributed by atoms with Crippen LogP contribution in [0.1, 0.15) is 0 Å². The molecule has 14 heteroatoms. The van der Waals surface area contributed by atoms with Crippen LogP contribution in [0.3, 0.4) is 0 Å². The van der Waals surface area contributed by atoms with E-state index >= 15 is 0 Å². The Morgan fingerprint density at radius 2 is 1.03 bits per heavy atom. The van der Waals surface area contributed by atoms with Gasteiger partial charge in [-0.05, 0) is 48.5 Å². The van der Waals surface area contributed by atoms with E-state index in [1.165, 1.54) is 14.2 Å². The second-order valence-corrected chi connectivity index (χ2v) is 6.89. The summed E-state index contributed by atoms with van der Waals surface area (Å²) < 4.78 is 20.3. The van der Waals surface area contributed by atoms with Crippen LogP contribution in [-0.2, 0) is 19.1 Å². The third kappa shape index (κ3) is 7.21. The second-order valence-electron chi connectivity index (χ2n) is 6.89. The van der Waals surface area contributed by atoms with Crippen LogP contribution in [0.15, 0.2) is 48.5 Å². The van der Waals surface area contributed by atoms with Gasteiger partial charge in [-0.25, -0.2) is 20.4 Å². The number of hydrogen-bond acceptors (Lipinski definition) is 8. The molecule has 6 N–H and O–H groups in total. The zero-order valence-corrected chi connectivity index (χ0v) is 18.7. The van der Waals surface area contributed by atoms with Crippen molar-refractivity contribution in [3.63, 3.8) is 0 Å². The number of carbonyl (C=O) groups is 4. The highest BCUT2D eigenvalue weighted by molar-refractivity contribution is 5.96. The van der Waals surface area contributed by atoms with Crippen LogP contribution in [-0.4, -0.2) is 57.1 Å². The summed E-state index contributed by atoms with van der Waals surface area (Å²) in [7, 11) is 3.03. The summed E-state index contributed by atoms with van der Waals surface area (Å²) in [5.41, 5.74) is 9.47. The van der Waals surface area contributed by atoms with Gasteiger partial charge in [-0.2, -0.15) is 0 Å². The Morgan fingerprint density at radius 3 is 1.37 bits per heavy atom. The van der Waals surface area contributed by atoms with Crippen LogP contribution in [0.4, 0.5) is 21.0 Å². The molecule has 1 fully saturated rings. The number of rotatable bonds is 6. The van der Waals surface area contributed by atoms with Crippen LogP contribution < -0.4 is 41.8 Å². The maximum absolute atomic E-state index is 12.4. The van der Waals surface area contributed by atoms with E-state index < -0.39 is 36.1 Å². The fourth-order valence-corrected chi connectivity index (χ4v) is 2.84. The monoisotopic (exact) mass is 488 g/mol. The van der Waals surface area contributed by atoms with E-state index in [9.17, 15) is 19.2 Å². The minimum atomic E-state index is -1.37. The molecule has 35 heavy (non-hydrogen) atoms. The van der Waals surface area contributed by atoms with Crippen LogP contribution in [0.2, 0.25) is 0 Å². The van der Waals surface area contributed by atoms with Crippen LogP contribution in [0.5, 0.6) is 11.5 Å². The van der Waals surface area contributed by atoms with Crippen LogP contribution >= 0.6 is 0 Å². The van der Waals surface area contributed by atoms with Gasteiger partial charge in [-0.1, -0.05) is 0 Å². The molecule has 14 nitrogen and oxygen atoms in total. The summed E-state index contributed by atoms with van der Waals surface area (Å²) in [6.45, 7) is -0.341. The topological polar surface area (TPSA) is 177 Å². The predicted octanol–water partition coefficient (Wildman–Crippen LogP) is 0.451. The maximum atomic E-state index is 12.4. The number of amides is 6. The first kappa shape index (κ1) is 25.1. The predicted molar refractivity (Wildman–Crippen MR) is 121 cm³/mol. The van der Waals surface area contributed by atoms with E-state index in [1.807, 2.05) is 0 Å². The Bertz CT molecular complexity index is 963. The van der Waals surface area contributed by atoms with Crippen LogP contribution in [0.25, 0.3) is 0 Å². The molecule has 0 bridgehead atoms. The Labute approximate surface area is 199 Å². The Kier molecular flexibility index (Phi) is 8.64. The molecule has 3 rings (SSSR count). The average molecular weight is 488 g/mol. The lowest BCUT2D eigenvalue weighted by molar-refractivity contribution is -0.138. The lowest BCUT2D eigenvalue weighted by Crippen LogP contribution is -2.55. The van der Waals surface area contributed by atoms with E-state index in [0.29, 0.717) is 22.9 Å². The van der Waals surface area contributed by atoms with Crippen molar-refractivity contribution in [1.82, 2.24) is 21.7 Å². The average Bonchev–Trinajstić information content (AvgIpc) is 3.37. The van der Waals surface area contributed by atoms with Gasteiger partial charge in [0.2, 0.25) is 0 Å². The van der Waals surface area contributed by atoms with Crippen molar-refractivity contribution in [3.05, 3.63) is 48.5 Å². The van der Waals surface area contributed by atoms with Crippen molar-refractivity contribution in [3.8, 4) is 11.5 Å². The largest absolute Gasteiger partial charge is 0.497 e. The Morgan fingerprint density at radius 1 is 0.657 bits per heavy atom. The van der Waals surface area contributed by atoms with Crippen molar-refractivity contribution in [1.29, 1.82) is 0 Å². The first-order valence-corrected chi connectivity index (χ1v) is 10.1. The number of methoxy groups -OCH3 is 2. The van der Waals surface area contributed by atoms with Crippen molar-refractivity contribution in [2.24, 2.45) is 0 Å². The minimum Gasteiger partial charge on any atom is -0.497 e. The first-order chi connectivity index (χ1) is 16.9. The molecule has 2 atom stereocenters. The summed E-state index contributed by atoms with van der Waals surface area (Å²) in [4.78, 5) is 48.7. The number of anilines is 2. The molecule has 0 aliphatic carbocycles. The smallest absolute Gasteiger partial charge is 0.337 e. The quantitative estimate of drug-likeness (QED) is 0.317. The summed E-state index contributed by atoms with van der Waals surface area (Å²) in [6.07, 6.45) is -2.74. The molecule has 0 unspecified atom stereocenters. The zero-order chi connectivity index (χ0) is 25.2. The summed E-state index contributed by atoms with van der Waals surface area (Å²) in [6, 6.07) is 11.5. The lowest BCUT2D eigenvalue weighted by atomic mass is 10.2. The fourth-order valence-electron chi connectivity index (χ4n) is 2.84. The standard InChI is InChI=1S/C21H24N6O8/c1-32-14-7-3-12(4-8-14)22-20(30)26-24-18(28)16-17(35-11-34-16)19(29)25-27-21(31)23-13-5-9-15(33-2)10-6-13/h3-10,16-17H,11H2,1-2H3,(H,24,28)(H,25,29)(H2,22,26,30)(H2,23,27,31)/t16-,17-/m0/s1. The van der Waals surface area contributed by atoms with Crippen molar-refractivity contribution < 1.29 is 38.1 Å². The SMILES string of the molecule is COc1ccc(NC(=O)NNC(=O)[C@H]2OCO[C@@H]2C(=O)NNC(=O)Nc2ccc(OC)cc2)cc1. The first-order valence-electron chi connectivity index (χ1n) is 10.1. The molecule has 0 radical (unpaired) electrons. The molecular weight excluding hydrogens is 464 g/mol. The summed E-state index contributed by atoms with van der Waals surface area (Å²) in [5.74, 6) is -0.454. The number of hydrogen-bond donors (Lipinski definition) is 6. The molecule has 6 amide bonds. The van der Waals surface area contributed by atoms with E-state index in [1.54, 1.807) is 48.5 Å². The number of nitrogens with one attached hydrogen (secondary N) is 6. The zero-order valence-electron chi connectivity index (χ0n) is 18.7. The highest BCUT2D eigenvalue weighted by Gasteiger charge is 2.41. The molecule has 1 saturated heterocycles. The highest BCUT2D eigenvalue weighted by atomic mass is 16.7. The van der Waals surface area contributed by atoms with Gasteiger partial charge in [-0.3, -0.25) is 20.4 Å². The van der Waals surface area contributed by atoms with Gasteiger partial charge in [0.15, 0.2) is 12.2 Å².